The van der Waals surface area contributed by atoms with Crippen LogP contribution >= 0.6 is 11.6 Å². The van der Waals surface area contributed by atoms with Crippen LogP contribution in [-0.2, 0) is 0 Å². The quantitative estimate of drug-likeness (QED) is 0.888. The number of anilines is 1. The van der Waals surface area contributed by atoms with Gasteiger partial charge in [-0.05, 0) is 18.9 Å². The van der Waals surface area contributed by atoms with Crippen LogP contribution in [0.25, 0.3) is 11.3 Å². The molecule has 0 atom stereocenters. The fourth-order valence-electron chi connectivity index (χ4n) is 2.45. The number of hydrogen-bond donors (Lipinski definition) is 2. The second kappa shape index (κ2) is 6.41. The second-order valence-electron chi connectivity index (χ2n) is 5.31. The Morgan fingerprint density at radius 1 is 1.29 bits per heavy atom. The van der Waals surface area contributed by atoms with E-state index in [-0.39, 0.29) is 0 Å². The van der Waals surface area contributed by atoms with E-state index < -0.39 is 0 Å². The average molecular weight is 303 g/mol. The number of nitrogens with zero attached hydrogens (tertiary/aromatic N) is 2. The molecule has 0 unspecified atom stereocenters. The molecule has 110 valence electrons. The average Bonchev–Trinajstić information content (AvgIpc) is 2.44. The van der Waals surface area contributed by atoms with Crippen LogP contribution in [-0.4, -0.2) is 23.1 Å². The normalized spacial score (nSPS) is 14.8. The van der Waals surface area contributed by atoms with Gasteiger partial charge in [-0.3, -0.25) is 0 Å². The van der Waals surface area contributed by atoms with Crippen molar-refractivity contribution in [2.75, 3.05) is 18.4 Å². The molecule has 1 aromatic heterocycles. The number of rotatable bonds is 5. The lowest BCUT2D eigenvalue weighted by Gasteiger charge is -2.24. The Bertz CT molecular complexity index is 625. The molecule has 0 amide bonds. The molecule has 1 aliphatic rings. The van der Waals surface area contributed by atoms with Gasteiger partial charge in [-0.15, -0.1) is 0 Å². The van der Waals surface area contributed by atoms with Gasteiger partial charge in [0.25, 0.3) is 0 Å². The van der Waals surface area contributed by atoms with Gasteiger partial charge in [-0.2, -0.15) is 0 Å². The molecule has 1 aliphatic carbocycles. The highest BCUT2D eigenvalue weighted by molar-refractivity contribution is 6.33. The van der Waals surface area contributed by atoms with Gasteiger partial charge in [0, 0.05) is 24.6 Å². The Balaban J connectivity index is 2.02. The lowest BCUT2D eigenvalue weighted by molar-refractivity contribution is 0.402. The first kappa shape index (κ1) is 14.3. The van der Waals surface area contributed by atoms with Crippen molar-refractivity contribution in [2.45, 2.75) is 25.2 Å². The van der Waals surface area contributed by atoms with Crippen molar-refractivity contribution >= 4 is 17.3 Å². The predicted octanol–water partition coefficient (Wildman–Crippen LogP) is 3.44. The van der Waals surface area contributed by atoms with E-state index in [1.807, 2.05) is 30.5 Å². The van der Waals surface area contributed by atoms with Gasteiger partial charge < -0.3 is 11.1 Å². The summed E-state index contributed by atoms with van der Waals surface area (Å²) >= 11 is 6.33. The summed E-state index contributed by atoms with van der Waals surface area (Å²) in [5.41, 5.74) is 8.26. The fraction of sp³-hybridized carbons (Fsp3) is 0.375. The highest BCUT2D eigenvalue weighted by Crippen LogP contribution is 2.37. The number of nitrogens with one attached hydrogen (secondary N) is 1. The highest BCUT2D eigenvalue weighted by Gasteiger charge is 2.23. The predicted molar refractivity (Wildman–Crippen MR) is 86.6 cm³/mol. The van der Waals surface area contributed by atoms with Crippen molar-refractivity contribution in [1.29, 1.82) is 0 Å². The van der Waals surface area contributed by atoms with Gasteiger partial charge in [0.15, 0.2) is 0 Å². The smallest absolute Gasteiger partial charge is 0.132 e. The van der Waals surface area contributed by atoms with E-state index in [9.17, 15) is 0 Å². The third kappa shape index (κ3) is 3.01. The van der Waals surface area contributed by atoms with E-state index >= 15 is 0 Å². The van der Waals surface area contributed by atoms with Crippen LogP contribution in [0.15, 0.2) is 30.5 Å². The lowest BCUT2D eigenvalue weighted by atomic mass is 9.85. The molecule has 4 nitrogen and oxygen atoms in total. The van der Waals surface area contributed by atoms with E-state index in [0.29, 0.717) is 24.0 Å². The summed E-state index contributed by atoms with van der Waals surface area (Å²) in [6, 6.07) is 7.77. The topological polar surface area (TPSA) is 63.8 Å². The Hall–Kier alpha value is -1.65. The van der Waals surface area contributed by atoms with E-state index in [2.05, 4.69) is 10.3 Å². The molecular formula is C16H19ClN4. The Morgan fingerprint density at radius 2 is 2.10 bits per heavy atom. The largest absolute Gasteiger partial charge is 0.381 e. The summed E-state index contributed by atoms with van der Waals surface area (Å²) in [6.45, 7) is 1.25. The van der Waals surface area contributed by atoms with Crippen LogP contribution in [0.3, 0.4) is 0 Å². The maximum atomic E-state index is 6.33. The SMILES string of the molecule is NCCNc1cnc(C2CCC2)nc1-c1ccccc1Cl. The van der Waals surface area contributed by atoms with Crippen molar-refractivity contribution < 1.29 is 0 Å². The number of hydrogen-bond acceptors (Lipinski definition) is 4. The summed E-state index contributed by atoms with van der Waals surface area (Å²) in [7, 11) is 0. The third-order valence-electron chi connectivity index (χ3n) is 3.87. The van der Waals surface area contributed by atoms with Crippen LogP contribution in [0.5, 0.6) is 0 Å². The van der Waals surface area contributed by atoms with E-state index in [0.717, 1.165) is 22.8 Å². The molecule has 3 rings (SSSR count). The van der Waals surface area contributed by atoms with Gasteiger partial charge in [0.2, 0.25) is 0 Å². The summed E-state index contributed by atoms with van der Waals surface area (Å²) in [6.07, 6.45) is 5.48. The standard InChI is InChI=1S/C16H19ClN4/c17-13-7-2-1-6-12(13)15-14(19-9-8-18)10-20-16(21-15)11-4-3-5-11/h1-2,6-7,10-11,19H,3-5,8-9,18H2. The van der Waals surface area contributed by atoms with Gasteiger partial charge in [-0.1, -0.05) is 36.2 Å². The van der Waals surface area contributed by atoms with Gasteiger partial charge in [0.05, 0.1) is 22.6 Å². The maximum Gasteiger partial charge on any atom is 0.132 e. The van der Waals surface area contributed by atoms with Crippen molar-refractivity contribution in [3.05, 3.63) is 41.3 Å². The maximum absolute atomic E-state index is 6.33. The third-order valence-corrected chi connectivity index (χ3v) is 4.20. The number of nitrogens with two attached hydrogens (primary N) is 1. The summed E-state index contributed by atoms with van der Waals surface area (Å²) in [4.78, 5) is 9.29. The molecule has 1 heterocycles. The molecule has 0 spiro atoms. The molecule has 0 saturated heterocycles. The molecule has 0 bridgehead atoms. The first-order valence-electron chi connectivity index (χ1n) is 7.35. The molecule has 1 fully saturated rings. The van der Waals surface area contributed by atoms with Crippen LogP contribution in [0.1, 0.15) is 31.0 Å². The van der Waals surface area contributed by atoms with Crippen molar-refractivity contribution in [3.63, 3.8) is 0 Å². The minimum atomic E-state index is 0.495. The van der Waals surface area contributed by atoms with E-state index in [1.165, 1.54) is 19.3 Å². The van der Waals surface area contributed by atoms with Crippen molar-refractivity contribution in [1.82, 2.24) is 9.97 Å². The van der Waals surface area contributed by atoms with Crippen LogP contribution in [0.4, 0.5) is 5.69 Å². The Labute approximate surface area is 129 Å². The van der Waals surface area contributed by atoms with Crippen molar-refractivity contribution in [3.8, 4) is 11.3 Å². The van der Waals surface area contributed by atoms with Gasteiger partial charge >= 0.3 is 0 Å². The molecule has 1 aromatic carbocycles. The zero-order chi connectivity index (χ0) is 14.7. The molecule has 3 N–H and O–H groups in total. The van der Waals surface area contributed by atoms with E-state index in [1.54, 1.807) is 0 Å². The second-order valence-corrected chi connectivity index (χ2v) is 5.72. The lowest BCUT2D eigenvalue weighted by Crippen LogP contribution is -2.16. The molecule has 21 heavy (non-hydrogen) atoms. The molecule has 2 aromatic rings. The minimum absolute atomic E-state index is 0.495. The zero-order valence-corrected chi connectivity index (χ0v) is 12.6. The van der Waals surface area contributed by atoms with Crippen LogP contribution < -0.4 is 11.1 Å². The fourth-order valence-corrected chi connectivity index (χ4v) is 2.68. The summed E-state index contributed by atoms with van der Waals surface area (Å²) in [5, 5.41) is 3.98. The first-order valence-corrected chi connectivity index (χ1v) is 7.73. The van der Waals surface area contributed by atoms with Crippen LogP contribution in [0, 0.1) is 0 Å². The minimum Gasteiger partial charge on any atom is -0.381 e. The zero-order valence-electron chi connectivity index (χ0n) is 11.8. The summed E-state index contributed by atoms with van der Waals surface area (Å²) < 4.78 is 0. The molecule has 5 heteroatoms. The van der Waals surface area contributed by atoms with Crippen LogP contribution in [0.2, 0.25) is 5.02 Å². The number of aromatic nitrogens is 2. The molecule has 1 saturated carbocycles. The summed E-state index contributed by atoms with van der Waals surface area (Å²) in [5.74, 6) is 1.42. The monoisotopic (exact) mass is 302 g/mol. The highest BCUT2D eigenvalue weighted by atomic mass is 35.5. The first-order chi connectivity index (χ1) is 10.3. The van der Waals surface area contributed by atoms with Gasteiger partial charge in [0.1, 0.15) is 5.82 Å². The Kier molecular flexibility index (Phi) is 4.36. The van der Waals surface area contributed by atoms with E-state index in [4.69, 9.17) is 22.3 Å². The number of benzene rings is 1. The molecular weight excluding hydrogens is 284 g/mol. The molecule has 0 radical (unpaired) electrons. The molecule has 0 aliphatic heterocycles. The number of halogens is 1. The van der Waals surface area contributed by atoms with Gasteiger partial charge in [-0.25, -0.2) is 9.97 Å². The van der Waals surface area contributed by atoms with Crippen molar-refractivity contribution in [2.24, 2.45) is 5.73 Å². The Morgan fingerprint density at radius 3 is 2.76 bits per heavy atom.